The van der Waals surface area contributed by atoms with Crippen LogP contribution in [0.3, 0.4) is 0 Å². The van der Waals surface area contributed by atoms with Gasteiger partial charge in [-0.1, -0.05) is 19.9 Å². The normalized spacial score (nSPS) is 10.6. The van der Waals surface area contributed by atoms with Gasteiger partial charge in [0.15, 0.2) is 0 Å². The average Bonchev–Trinajstić information content (AvgIpc) is 1.94. The molecular formula is C9H9BrF. The predicted octanol–water partition coefficient (Wildman–Crippen LogP) is 3.55. The van der Waals surface area contributed by atoms with Crippen molar-refractivity contribution in [2.45, 2.75) is 13.8 Å². The zero-order valence-corrected chi connectivity index (χ0v) is 8.07. The lowest BCUT2D eigenvalue weighted by molar-refractivity contribution is 0.619. The van der Waals surface area contributed by atoms with Crippen molar-refractivity contribution in [3.63, 3.8) is 0 Å². The van der Waals surface area contributed by atoms with Gasteiger partial charge >= 0.3 is 0 Å². The fraction of sp³-hybridized carbons (Fsp3) is 0.222. The molecule has 0 unspecified atom stereocenters. The van der Waals surface area contributed by atoms with Crippen LogP contribution in [0.25, 0.3) is 0 Å². The van der Waals surface area contributed by atoms with Crippen LogP contribution < -0.4 is 0 Å². The Bertz CT molecular complexity index is 256. The van der Waals surface area contributed by atoms with Crippen LogP contribution in [0.1, 0.15) is 19.4 Å². The largest absolute Gasteiger partial charge is 0.206 e. The van der Waals surface area contributed by atoms with E-state index in [1.165, 1.54) is 6.07 Å². The molecule has 0 nitrogen and oxygen atoms in total. The molecule has 0 aliphatic carbocycles. The Morgan fingerprint density at radius 3 is 2.45 bits per heavy atom. The second kappa shape index (κ2) is 3.35. The highest BCUT2D eigenvalue weighted by atomic mass is 79.9. The Kier molecular flexibility index (Phi) is 2.66. The molecule has 59 valence electrons. The van der Waals surface area contributed by atoms with E-state index in [-0.39, 0.29) is 5.82 Å². The van der Waals surface area contributed by atoms with Crippen molar-refractivity contribution in [2.75, 3.05) is 0 Å². The molecule has 0 bridgehead atoms. The van der Waals surface area contributed by atoms with Gasteiger partial charge < -0.3 is 0 Å². The Hall–Kier alpha value is -0.370. The highest BCUT2D eigenvalue weighted by Crippen LogP contribution is 2.20. The summed E-state index contributed by atoms with van der Waals surface area (Å²) in [7, 11) is 0. The van der Waals surface area contributed by atoms with Crippen LogP contribution in [0, 0.1) is 11.7 Å². The van der Waals surface area contributed by atoms with Crippen molar-refractivity contribution < 1.29 is 4.39 Å². The zero-order chi connectivity index (χ0) is 8.43. The quantitative estimate of drug-likeness (QED) is 0.673. The molecule has 11 heavy (non-hydrogen) atoms. The molecule has 0 spiro atoms. The van der Waals surface area contributed by atoms with Crippen LogP contribution in [0.5, 0.6) is 0 Å². The van der Waals surface area contributed by atoms with Crippen molar-refractivity contribution in [1.29, 1.82) is 0 Å². The highest BCUT2D eigenvalue weighted by Gasteiger charge is 2.03. The van der Waals surface area contributed by atoms with Gasteiger partial charge in [0, 0.05) is 0 Å². The molecule has 0 saturated heterocycles. The van der Waals surface area contributed by atoms with Crippen LogP contribution in [-0.4, -0.2) is 0 Å². The standard InChI is InChI=1S/C9H9BrF/c1-6(2)7-3-4-8(10)9(11)5-7/h3-5H,1-2H3. The van der Waals surface area contributed by atoms with Crippen molar-refractivity contribution in [2.24, 2.45) is 0 Å². The Morgan fingerprint density at radius 2 is 2.00 bits per heavy atom. The van der Waals surface area contributed by atoms with E-state index in [4.69, 9.17) is 0 Å². The minimum absolute atomic E-state index is 0.205. The SMILES string of the molecule is C[C](C)c1ccc(Br)c(F)c1. The summed E-state index contributed by atoms with van der Waals surface area (Å²) in [6.07, 6.45) is 0. The molecule has 0 atom stereocenters. The van der Waals surface area contributed by atoms with E-state index in [1.54, 1.807) is 6.07 Å². The third-order valence-electron chi connectivity index (χ3n) is 1.50. The molecule has 0 saturated carbocycles. The summed E-state index contributed by atoms with van der Waals surface area (Å²) in [4.78, 5) is 0. The van der Waals surface area contributed by atoms with Crippen LogP contribution in [-0.2, 0) is 0 Å². The molecule has 0 fully saturated rings. The summed E-state index contributed by atoms with van der Waals surface area (Å²) in [5.41, 5.74) is 0.950. The maximum atomic E-state index is 12.9. The van der Waals surface area contributed by atoms with E-state index >= 15 is 0 Å². The van der Waals surface area contributed by atoms with Gasteiger partial charge in [0.25, 0.3) is 0 Å². The van der Waals surface area contributed by atoms with Gasteiger partial charge in [0.1, 0.15) is 5.82 Å². The molecule has 2 heteroatoms. The van der Waals surface area contributed by atoms with E-state index < -0.39 is 0 Å². The highest BCUT2D eigenvalue weighted by molar-refractivity contribution is 9.10. The van der Waals surface area contributed by atoms with Gasteiger partial charge in [0.2, 0.25) is 0 Å². The number of hydrogen-bond acceptors (Lipinski definition) is 0. The number of halogens is 2. The third-order valence-corrected chi connectivity index (χ3v) is 2.14. The van der Waals surface area contributed by atoms with Gasteiger partial charge in [-0.2, -0.15) is 0 Å². The van der Waals surface area contributed by atoms with E-state index in [0.29, 0.717) is 4.47 Å². The zero-order valence-electron chi connectivity index (χ0n) is 6.49. The summed E-state index contributed by atoms with van der Waals surface area (Å²) in [5, 5.41) is 0. The van der Waals surface area contributed by atoms with E-state index in [9.17, 15) is 4.39 Å². The number of rotatable bonds is 1. The summed E-state index contributed by atoms with van der Waals surface area (Å²) in [6.45, 7) is 3.92. The molecule has 1 aromatic carbocycles. The van der Waals surface area contributed by atoms with E-state index in [0.717, 1.165) is 11.5 Å². The fourth-order valence-electron chi connectivity index (χ4n) is 0.807. The van der Waals surface area contributed by atoms with Crippen LogP contribution in [0.2, 0.25) is 0 Å². The van der Waals surface area contributed by atoms with Gasteiger partial charge in [-0.15, -0.1) is 0 Å². The van der Waals surface area contributed by atoms with Crippen molar-refractivity contribution in [3.8, 4) is 0 Å². The molecule has 0 aliphatic rings. The molecule has 1 aromatic rings. The number of benzene rings is 1. The van der Waals surface area contributed by atoms with Crippen molar-refractivity contribution >= 4 is 15.9 Å². The minimum atomic E-state index is -0.205. The van der Waals surface area contributed by atoms with Gasteiger partial charge in [-0.05, 0) is 39.5 Å². The first kappa shape index (κ1) is 8.72. The van der Waals surface area contributed by atoms with Gasteiger partial charge in [-0.3, -0.25) is 0 Å². The lowest BCUT2D eigenvalue weighted by Gasteiger charge is -2.04. The maximum absolute atomic E-state index is 12.9. The average molecular weight is 216 g/mol. The minimum Gasteiger partial charge on any atom is -0.206 e. The maximum Gasteiger partial charge on any atom is 0.137 e. The van der Waals surface area contributed by atoms with Crippen molar-refractivity contribution in [3.05, 3.63) is 40.0 Å². The summed E-state index contributed by atoms with van der Waals surface area (Å²) >= 11 is 3.09. The molecule has 1 rings (SSSR count). The first-order valence-corrected chi connectivity index (χ1v) is 4.16. The lowest BCUT2D eigenvalue weighted by Crippen LogP contribution is -1.89. The molecule has 0 N–H and O–H groups in total. The van der Waals surface area contributed by atoms with Crippen LogP contribution in [0.15, 0.2) is 22.7 Å². The van der Waals surface area contributed by atoms with Crippen molar-refractivity contribution in [1.82, 2.24) is 0 Å². The Morgan fingerprint density at radius 1 is 1.36 bits per heavy atom. The predicted molar refractivity (Wildman–Crippen MR) is 47.8 cm³/mol. The molecule has 0 heterocycles. The molecule has 0 aliphatic heterocycles. The molecular weight excluding hydrogens is 207 g/mol. The fourth-order valence-corrected chi connectivity index (χ4v) is 1.05. The second-order valence-electron chi connectivity index (χ2n) is 2.63. The Labute approximate surface area is 74.6 Å². The van der Waals surface area contributed by atoms with Gasteiger partial charge in [-0.25, -0.2) is 4.39 Å². The monoisotopic (exact) mass is 215 g/mol. The molecule has 0 aromatic heterocycles. The smallest absolute Gasteiger partial charge is 0.137 e. The van der Waals surface area contributed by atoms with E-state index in [1.807, 2.05) is 19.9 Å². The first-order valence-electron chi connectivity index (χ1n) is 3.37. The second-order valence-corrected chi connectivity index (χ2v) is 3.48. The van der Waals surface area contributed by atoms with Gasteiger partial charge in [0.05, 0.1) is 4.47 Å². The summed E-state index contributed by atoms with van der Waals surface area (Å²) < 4.78 is 13.4. The number of hydrogen-bond donors (Lipinski definition) is 0. The first-order chi connectivity index (χ1) is 5.11. The van der Waals surface area contributed by atoms with Crippen LogP contribution in [0.4, 0.5) is 4.39 Å². The Balaban J connectivity index is 3.05. The lowest BCUT2D eigenvalue weighted by atomic mass is 10.0. The summed E-state index contributed by atoms with van der Waals surface area (Å²) in [6, 6.07) is 5.14. The molecule has 1 radical (unpaired) electrons. The van der Waals surface area contributed by atoms with E-state index in [2.05, 4.69) is 15.9 Å². The summed E-state index contributed by atoms with van der Waals surface area (Å²) in [5.74, 6) is 0.917. The topological polar surface area (TPSA) is 0 Å². The third kappa shape index (κ3) is 2.03. The molecule has 0 amide bonds. The van der Waals surface area contributed by atoms with Crippen LogP contribution >= 0.6 is 15.9 Å².